The smallest absolute Gasteiger partial charge is 0.312 e. The fourth-order valence-electron chi connectivity index (χ4n) is 3.72. The summed E-state index contributed by atoms with van der Waals surface area (Å²) in [6, 6.07) is 6.77. The zero-order chi connectivity index (χ0) is 26.1. The lowest BCUT2D eigenvalue weighted by Crippen LogP contribution is -2.13. The maximum absolute atomic E-state index is 13.9. The van der Waals surface area contributed by atoms with Gasteiger partial charge in [-0.1, -0.05) is 12.1 Å². The molecule has 13 heteroatoms. The summed E-state index contributed by atoms with van der Waals surface area (Å²) in [5.41, 5.74) is 1.02. The van der Waals surface area contributed by atoms with Gasteiger partial charge < -0.3 is 5.32 Å². The van der Waals surface area contributed by atoms with E-state index < -0.39 is 46.2 Å². The minimum absolute atomic E-state index is 0.0657. The van der Waals surface area contributed by atoms with Crippen LogP contribution in [0.1, 0.15) is 32.9 Å². The number of halogens is 4. The van der Waals surface area contributed by atoms with Gasteiger partial charge in [-0.05, 0) is 31.5 Å². The van der Waals surface area contributed by atoms with Crippen LogP contribution in [0.25, 0.3) is 0 Å². The van der Waals surface area contributed by atoms with Gasteiger partial charge in [-0.2, -0.15) is 10.2 Å². The van der Waals surface area contributed by atoms with Gasteiger partial charge in [0.25, 0.3) is 5.91 Å². The first-order valence-electron chi connectivity index (χ1n) is 10.5. The summed E-state index contributed by atoms with van der Waals surface area (Å²) in [6.45, 7) is 2.80. The molecular formula is C23H18F4N6O3. The highest BCUT2D eigenvalue weighted by molar-refractivity contribution is 6.04. The van der Waals surface area contributed by atoms with Crippen LogP contribution in [0.4, 0.5) is 28.9 Å². The standard InChI is InChI=1S/C23H18F4N6O3/c1-12-22(33(35)36)13(2)32(30-12)9-14-4-3-5-15(6-14)23(34)29-16-8-28-31(10-16)11-17-18(24)7-19(25)21(27)20(17)26/h3-8,10H,9,11H2,1-2H3,(H,29,34). The molecule has 0 bridgehead atoms. The Hall–Kier alpha value is -4.55. The summed E-state index contributed by atoms with van der Waals surface area (Å²) in [7, 11) is 0. The number of nitro groups is 1. The van der Waals surface area contributed by atoms with Crippen molar-refractivity contribution in [1.82, 2.24) is 19.6 Å². The SMILES string of the molecule is Cc1nn(Cc2cccc(C(=O)Nc3cnn(Cc4c(F)cc(F)c(F)c4F)c3)c2)c(C)c1[N+](=O)[O-]. The number of aryl methyl sites for hydroxylation is 1. The van der Waals surface area contributed by atoms with Crippen LogP contribution < -0.4 is 5.32 Å². The second-order valence-electron chi connectivity index (χ2n) is 7.96. The lowest BCUT2D eigenvalue weighted by molar-refractivity contribution is -0.386. The number of hydrogen-bond donors (Lipinski definition) is 1. The number of aromatic nitrogens is 4. The molecule has 9 nitrogen and oxygen atoms in total. The summed E-state index contributed by atoms with van der Waals surface area (Å²) in [4.78, 5) is 23.4. The Morgan fingerprint density at radius 1 is 1.08 bits per heavy atom. The number of rotatable bonds is 7. The third-order valence-corrected chi connectivity index (χ3v) is 5.47. The lowest BCUT2D eigenvalue weighted by atomic mass is 10.1. The van der Waals surface area contributed by atoms with E-state index in [9.17, 15) is 32.5 Å². The number of nitrogens with one attached hydrogen (secondary N) is 1. The van der Waals surface area contributed by atoms with E-state index in [4.69, 9.17) is 0 Å². The van der Waals surface area contributed by atoms with Crippen LogP contribution in [0.5, 0.6) is 0 Å². The third kappa shape index (κ3) is 4.80. The zero-order valence-corrected chi connectivity index (χ0v) is 18.9. The Morgan fingerprint density at radius 3 is 2.53 bits per heavy atom. The number of carbonyl (C=O) groups is 1. The van der Waals surface area contributed by atoms with Crippen LogP contribution in [-0.2, 0) is 13.1 Å². The fraction of sp³-hybridized carbons (Fsp3) is 0.174. The summed E-state index contributed by atoms with van der Waals surface area (Å²) in [5.74, 6) is -6.86. The molecule has 1 amide bonds. The van der Waals surface area contributed by atoms with Gasteiger partial charge in [0, 0.05) is 23.4 Å². The molecule has 0 atom stereocenters. The van der Waals surface area contributed by atoms with E-state index in [1.165, 1.54) is 17.1 Å². The summed E-state index contributed by atoms with van der Waals surface area (Å²) in [5, 5.41) is 21.9. The van der Waals surface area contributed by atoms with E-state index in [0.29, 0.717) is 11.3 Å². The Balaban J connectivity index is 1.47. The number of amides is 1. The normalized spacial score (nSPS) is 11.1. The molecule has 0 fully saturated rings. The van der Waals surface area contributed by atoms with Crippen LogP contribution in [0.3, 0.4) is 0 Å². The largest absolute Gasteiger partial charge is 0.319 e. The van der Waals surface area contributed by atoms with Crippen LogP contribution in [0.2, 0.25) is 0 Å². The number of hydrogen-bond acceptors (Lipinski definition) is 5. The van der Waals surface area contributed by atoms with E-state index in [0.717, 1.165) is 4.68 Å². The predicted octanol–water partition coefficient (Wildman–Crippen LogP) is 4.51. The van der Waals surface area contributed by atoms with Crippen molar-refractivity contribution in [2.75, 3.05) is 5.32 Å². The van der Waals surface area contributed by atoms with Crippen LogP contribution in [0, 0.1) is 47.2 Å². The van der Waals surface area contributed by atoms with Gasteiger partial charge in [0.1, 0.15) is 17.2 Å². The minimum Gasteiger partial charge on any atom is -0.319 e. The van der Waals surface area contributed by atoms with E-state index in [-0.39, 0.29) is 35.2 Å². The highest BCUT2D eigenvalue weighted by Gasteiger charge is 2.22. The molecule has 0 radical (unpaired) electrons. The van der Waals surface area contributed by atoms with Crippen molar-refractivity contribution in [3.8, 4) is 0 Å². The first-order chi connectivity index (χ1) is 17.0. The molecule has 2 heterocycles. The highest BCUT2D eigenvalue weighted by Crippen LogP contribution is 2.23. The van der Waals surface area contributed by atoms with E-state index in [1.54, 1.807) is 38.1 Å². The van der Waals surface area contributed by atoms with Gasteiger partial charge in [-0.15, -0.1) is 0 Å². The molecule has 36 heavy (non-hydrogen) atoms. The van der Waals surface area contributed by atoms with E-state index in [2.05, 4.69) is 15.5 Å². The molecular weight excluding hydrogens is 484 g/mol. The molecule has 0 aliphatic heterocycles. The number of anilines is 1. The van der Waals surface area contributed by atoms with Gasteiger partial charge in [0.05, 0.1) is 29.9 Å². The summed E-state index contributed by atoms with van der Waals surface area (Å²) >= 11 is 0. The van der Waals surface area contributed by atoms with Gasteiger partial charge in [0.15, 0.2) is 17.5 Å². The van der Waals surface area contributed by atoms with Crippen molar-refractivity contribution in [2.24, 2.45) is 0 Å². The first kappa shape index (κ1) is 24.6. The number of nitrogens with zero attached hydrogens (tertiary/aromatic N) is 5. The average Bonchev–Trinajstić information content (AvgIpc) is 3.38. The lowest BCUT2D eigenvalue weighted by Gasteiger charge is -2.08. The second kappa shape index (κ2) is 9.60. The summed E-state index contributed by atoms with van der Waals surface area (Å²) in [6.07, 6.45) is 2.50. The van der Waals surface area contributed by atoms with Crippen molar-refractivity contribution >= 4 is 17.3 Å². The molecule has 0 spiro atoms. The summed E-state index contributed by atoms with van der Waals surface area (Å²) < 4.78 is 56.9. The molecule has 0 aliphatic carbocycles. The van der Waals surface area contributed by atoms with Crippen molar-refractivity contribution in [1.29, 1.82) is 0 Å². The number of carbonyl (C=O) groups excluding carboxylic acids is 1. The maximum Gasteiger partial charge on any atom is 0.312 e. The fourth-order valence-corrected chi connectivity index (χ4v) is 3.72. The number of benzene rings is 2. The molecule has 186 valence electrons. The molecule has 4 rings (SSSR count). The maximum atomic E-state index is 13.9. The molecule has 0 saturated heterocycles. The zero-order valence-electron chi connectivity index (χ0n) is 18.9. The van der Waals surface area contributed by atoms with Crippen LogP contribution in [0.15, 0.2) is 42.7 Å². The van der Waals surface area contributed by atoms with Crippen molar-refractivity contribution in [3.05, 3.63) is 104 Å². The first-order valence-corrected chi connectivity index (χ1v) is 10.5. The van der Waals surface area contributed by atoms with E-state index in [1.807, 2.05) is 0 Å². The van der Waals surface area contributed by atoms with Gasteiger partial charge in [-0.25, -0.2) is 17.6 Å². The third-order valence-electron chi connectivity index (χ3n) is 5.47. The van der Waals surface area contributed by atoms with Crippen molar-refractivity contribution < 1.29 is 27.3 Å². The molecule has 1 N–H and O–H groups in total. The monoisotopic (exact) mass is 502 g/mol. The molecule has 4 aromatic rings. The van der Waals surface area contributed by atoms with E-state index >= 15 is 0 Å². The quantitative estimate of drug-likeness (QED) is 0.132. The Morgan fingerprint density at radius 2 is 1.83 bits per heavy atom. The molecule has 2 aromatic carbocycles. The van der Waals surface area contributed by atoms with Crippen LogP contribution in [-0.4, -0.2) is 30.4 Å². The van der Waals surface area contributed by atoms with Gasteiger partial charge >= 0.3 is 5.69 Å². The Bertz CT molecular complexity index is 1500. The topological polar surface area (TPSA) is 108 Å². The molecule has 0 unspecified atom stereocenters. The van der Waals surface area contributed by atoms with Crippen molar-refractivity contribution in [3.63, 3.8) is 0 Å². The highest BCUT2D eigenvalue weighted by atomic mass is 19.2. The molecule has 0 saturated carbocycles. The van der Waals surface area contributed by atoms with Crippen molar-refractivity contribution in [2.45, 2.75) is 26.9 Å². The Labute approximate surface area is 201 Å². The molecule has 0 aliphatic rings. The minimum atomic E-state index is -1.79. The predicted molar refractivity (Wildman–Crippen MR) is 119 cm³/mol. The molecule has 2 aromatic heterocycles. The second-order valence-corrected chi connectivity index (χ2v) is 7.96. The van der Waals surface area contributed by atoms with Gasteiger partial charge in [0.2, 0.25) is 0 Å². The van der Waals surface area contributed by atoms with Crippen LogP contribution >= 0.6 is 0 Å². The van der Waals surface area contributed by atoms with Gasteiger partial charge in [-0.3, -0.25) is 24.3 Å². The Kier molecular flexibility index (Phi) is 6.55. The average molecular weight is 502 g/mol.